The van der Waals surface area contributed by atoms with Gasteiger partial charge >= 0.3 is 11.4 Å². The van der Waals surface area contributed by atoms with Crippen LogP contribution in [0.25, 0.3) is 5.69 Å². The van der Waals surface area contributed by atoms with E-state index in [2.05, 4.69) is 0 Å². The maximum absolute atomic E-state index is 14.6. The zero-order valence-electron chi connectivity index (χ0n) is 24.0. The highest BCUT2D eigenvalue weighted by atomic mass is 32.2. The molecule has 218 valence electrons. The number of fused-ring (bicyclic) bond motifs is 3. The quantitative estimate of drug-likeness (QED) is 0.320. The number of hydrogen-bond donors (Lipinski definition) is 0. The summed E-state index contributed by atoms with van der Waals surface area (Å²) in [6.45, 7) is 8.00. The molecule has 3 atom stereocenters. The molecule has 0 saturated carbocycles. The zero-order valence-corrected chi connectivity index (χ0v) is 24.9. The first-order chi connectivity index (χ1) is 20.2. The molecule has 3 unspecified atom stereocenters. The van der Waals surface area contributed by atoms with Gasteiger partial charge in [-0.25, -0.2) is 31.9 Å². The predicted molar refractivity (Wildman–Crippen MR) is 160 cm³/mol. The molecular weight excluding hydrogens is 552 g/mol. The molecule has 0 bridgehead atoms. The highest BCUT2D eigenvalue weighted by Gasteiger charge is 2.57. The Morgan fingerprint density at radius 3 is 2.10 bits per heavy atom. The van der Waals surface area contributed by atoms with Gasteiger partial charge in [0.05, 0.1) is 35.3 Å². The summed E-state index contributed by atoms with van der Waals surface area (Å²) in [6, 6.07) is 22.8. The number of benzene rings is 3. The number of aryl methyl sites for hydroxylation is 1. The van der Waals surface area contributed by atoms with Gasteiger partial charge < -0.3 is 4.74 Å². The van der Waals surface area contributed by atoms with E-state index in [1.54, 1.807) is 52.8 Å². The summed E-state index contributed by atoms with van der Waals surface area (Å²) in [5.41, 5.74) is 1.83. The summed E-state index contributed by atoms with van der Waals surface area (Å²) >= 11 is 0. The van der Waals surface area contributed by atoms with Crippen molar-refractivity contribution in [3.05, 3.63) is 128 Å². The fraction of sp³-hybridized carbons (Fsp3) is 0.312. The van der Waals surface area contributed by atoms with Gasteiger partial charge in [-0.2, -0.15) is 4.31 Å². The first kappa shape index (κ1) is 28.0. The molecule has 9 nitrogen and oxygen atoms in total. The molecule has 0 N–H and O–H groups in total. The third-order valence-corrected chi connectivity index (χ3v) is 10.0. The third kappa shape index (κ3) is 4.28. The summed E-state index contributed by atoms with van der Waals surface area (Å²) in [6.07, 6.45) is 0. The Balaban J connectivity index is 1.68. The molecule has 4 aromatic rings. The second kappa shape index (κ2) is 10.6. The van der Waals surface area contributed by atoms with Gasteiger partial charge in [0.25, 0.3) is 0 Å². The molecular formula is C32H34N4O5S. The number of nitrogens with zero attached hydrogens (tertiary/aromatic N) is 4. The molecule has 1 saturated heterocycles. The van der Waals surface area contributed by atoms with Gasteiger partial charge in [0.1, 0.15) is 12.3 Å². The lowest BCUT2D eigenvalue weighted by Gasteiger charge is -2.33. The summed E-state index contributed by atoms with van der Waals surface area (Å²) in [7, 11) is -4.08. The maximum Gasteiger partial charge on any atom is 0.352 e. The fourth-order valence-electron chi connectivity index (χ4n) is 6.38. The highest BCUT2D eigenvalue weighted by Crippen LogP contribution is 2.53. The lowest BCUT2D eigenvalue weighted by atomic mass is 9.90. The van der Waals surface area contributed by atoms with E-state index in [0.29, 0.717) is 23.6 Å². The van der Waals surface area contributed by atoms with Gasteiger partial charge in [-0.3, -0.25) is 0 Å². The average Bonchev–Trinajstić information content (AvgIpc) is 3.47. The van der Waals surface area contributed by atoms with Crippen LogP contribution in [0.4, 0.5) is 0 Å². The van der Waals surface area contributed by atoms with Crippen LogP contribution < -0.4 is 11.4 Å². The molecule has 3 heterocycles. The van der Waals surface area contributed by atoms with E-state index >= 15 is 0 Å². The number of ether oxygens (including phenoxy) is 1. The number of hydrogen-bond acceptors (Lipinski definition) is 5. The van der Waals surface area contributed by atoms with Crippen LogP contribution in [0.15, 0.2) is 111 Å². The summed E-state index contributed by atoms with van der Waals surface area (Å²) < 4.78 is 41.0. The molecule has 0 spiro atoms. The Labute approximate surface area is 244 Å². The van der Waals surface area contributed by atoms with Crippen molar-refractivity contribution in [2.75, 3.05) is 6.61 Å². The first-order valence-electron chi connectivity index (χ1n) is 14.2. The van der Waals surface area contributed by atoms with Crippen LogP contribution >= 0.6 is 0 Å². The molecule has 0 amide bonds. The van der Waals surface area contributed by atoms with E-state index in [-0.39, 0.29) is 17.4 Å². The van der Waals surface area contributed by atoms with Crippen LogP contribution in [0.1, 0.15) is 44.0 Å². The molecule has 3 aromatic carbocycles. The normalized spacial score (nSPS) is 20.5. The van der Waals surface area contributed by atoms with Gasteiger partial charge in [0.2, 0.25) is 10.0 Å². The minimum atomic E-state index is -4.08. The Morgan fingerprint density at radius 2 is 1.50 bits per heavy atom. The van der Waals surface area contributed by atoms with E-state index in [1.165, 1.54) is 9.36 Å². The number of allylic oxidation sites excluding steroid dienone is 1. The minimum Gasteiger partial charge on any atom is -0.496 e. The SMILES string of the molecule is CCOC1=C2C(c3ccccc3)N(S(=O)(=O)c3ccc(C)cc3)C(C(C)C)C2n2c(=O)n(-c3ccccc3)c(=O)n2C1. The molecule has 1 fully saturated rings. The van der Waals surface area contributed by atoms with Crippen molar-refractivity contribution in [1.82, 2.24) is 18.2 Å². The number of rotatable bonds is 7. The van der Waals surface area contributed by atoms with Gasteiger partial charge in [0, 0.05) is 5.57 Å². The van der Waals surface area contributed by atoms with Crippen molar-refractivity contribution in [1.29, 1.82) is 0 Å². The second-order valence-corrected chi connectivity index (χ2v) is 12.9. The summed E-state index contributed by atoms with van der Waals surface area (Å²) in [5.74, 6) is 0.284. The lowest BCUT2D eigenvalue weighted by molar-refractivity contribution is 0.172. The maximum atomic E-state index is 14.6. The summed E-state index contributed by atoms with van der Waals surface area (Å²) in [4.78, 5) is 28.2. The molecule has 2 aliphatic heterocycles. The van der Waals surface area contributed by atoms with Crippen LogP contribution in [0.3, 0.4) is 0 Å². The van der Waals surface area contributed by atoms with E-state index < -0.39 is 39.5 Å². The number of aromatic nitrogens is 3. The Hall–Kier alpha value is -4.15. The molecule has 2 aliphatic rings. The fourth-order valence-corrected chi connectivity index (χ4v) is 8.29. The lowest BCUT2D eigenvalue weighted by Crippen LogP contribution is -2.46. The van der Waals surface area contributed by atoms with Crippen LogP contribution in [-0.2, 0) is 21.3 Å². The van der Waals surface area contributed by atoms with Crippen molar-refractivity contribution in [2.45, 2.75) is 57.3 Å². The Kier molecular flexibility index (Phi) is 7.06. The highest BCUT2D eigenvalue weighted by molar-refractivity contribution is 7.89. The van der Waals surface area contributed by atoms with E-state index in [0.717, 1.165) is 15.7 Å². The topological polar surface area (TPSA) is 95.5 Å². The Morgan fingerprint density at radius 1 is 0.881 bits per heavy atom. The predicted octanol–water partition coefficient (Wildman–Crippen LogP) is 4.42. The van der Waals surface area contributed by atoms with Crippen molar-refractivity contribution >= 4 is 10.0 Å². The number of sulfonamides is 1. The van der Waals surface area contributed by atoms with Crippen LogP contribution in [0.2, 0.25) is 0 Å². The third-order valence-electron chi connectivity index (χ3n) is 8.15. The molecule has 0 aliphatic carbocycles. The molecule has 10 heteroatoms. The standard InChI is InChI=1S/C32H34N4O5S/c1-5-41-26-20-33-31(37)34(24-14-10-7-11-15-24)32(38)35(33)30-27(26)29(23-12-8-6-9-13-23)36(28(30)21(2)3)42(39,40)25-18-16-22(4)17-19-25/h6-19,21,28-30H,5,20H2,1-4H3. The van der Waals surface area contributed by atoms with Crippen molar-refractivity contribution in [3.63, 3.8) is 0 Å². The Bertz CT molecular complexity index is 1870. The second-order valence-electron chi connectivity index (χ2n) is 11.1. The van der Waals surface area contributed by atoms with Crippen molar-refractivity contribution in [2.24, 2.45) is 5.92 Å². The molecule has 42 heavy (non-hydrogen) atoms. The van der Waals surface area contributed by atoms with E-state index in [4.69, 9.17) is 4.74 Å². The number of para-hydroxylation sites is 1. The summed E-state index contributed by atoms with van der Waals surface area (Å²) in [5, 5.41) is 0. The van der Waals surface area contributed by atoms with Gasteiger partial charge in [-0.05, 0) is 49.6 Å². The monoisotopic (exact) mass is 586 g/mol. The molecule has 6 rings (SSSR count). The van der Waals surface area contributed by atoms with Crippen LogP contribution in [-0.4, -0.2) is 39.3 Å². The largest absolute Gasteiger partial charge is 0.496 e. The molecule has 1 aromatic heterocycles. The van der Waals surface area contributed by atoms with Gasteiger partial charge in [-0.1, -0.05) is 80.1 Å². The van der Waals surface area contributed by atoms with Gasteiger partial charge in [0.15, 0.2) is 0 Å². The van der Waals surface area contributed by atoms with Crippen LogP contribution in [0.5, 0.6) is 0 Å². The van der Waals surface area contributed by atoms with E-state index in [9.17, 15) is 18.0 Å². The van der Waals surface area contributed by atoms with Crippen molar-refractivity contribution in [3.8, 4) is 5.69 Å². The first-order valence-corrected chi connectivity index (χ1v) is 15.6. The smallest absolute Gasteiger partial charge is 0.352 e. The average molecular weight is 587 g/mol. The van der Waals surface area contributed by atoms with Crippen molar-refractivity contribution < 1.29 is 13.2 Å². The minimum absolute atomic E-state index is 0.0140. The molecule has 0 radical (unpaired) electrons. The van der Waals surface area contributed by atoms with Crippen LogP contribution in [0, 0.1) is 12.8 Å². The zero-order chi connectivity index (χ0) is 29.8. The van der Waals surface area contributed by atoms with Gasteiger partial charge in [-0.15, -0.1) is 0 Å². The van der Waals surface area contributed by atoms with E-state index in [1.807, 2.05) is 64.1 Å².